The first-order valence-electron chi connectivity index (χ1n) is 22.0. The molecule has 4 amide bonds. The summed E-state index contributed by atoms with van der Waals surface area (Å²) in [4.78, 5) is 61.4. The van der Waals surface area contributed by atoms with Crippen molar-refractivity contribution >= 4 is 63.9 Å². The van der Waals surface area contributed by atoms with Crippen molar-refractivity contribution in [2.24, 2.45) is 5.41 Å². The maximum absolute atomic E-state index is 15.3. The topological polar surface area (TPSA) is 200 Å². The first-order chi connectivity index (χ1) is 32.3. The van der Waals surface area contributed by atoms with E-state index in [0.29, 0.717) is 38.2 Å². The van der Waals surface area contributed by atoms with Crippen LogP contribution in [0.25, 0.3) is 11.3 Å². The number of hydrogen-bond acceptors (Lipinski definition) is 12. The maximum Gasteiger partial charge on any atom is 0.259 e. The van der Waals surface area contributed by atoms with Gasteiger partial charge in [-0.3, -0.25) is 24.1 Å². The lowest BCUT2D eigenvalue weighted by Gasteiger charge is -2.35. The quantitative estimate of drug-likeness (QED) is 0.0645. The highest BCUT2D eigenvalue weighted by Crippen LogP contribution is 2.40. The Hall–Kier alpha value is -6.04. The number of aliphatic hydroxyl groups is 1. The number of unbranched alkanes of at least 4 members (excludes halogenated alkanes) is 1. The molecule has 0 spiro atoms. The minimum Gasteiger partial charge on any atom is -0.491 e. The molecule has 6 rings (SSSR count). The molecule has 2 saturated heterocycles. The number of aliphatic hydroxyl groups excluding tert-OH is 1. The average molecular weight is 979 g/mol. The Balaban J connectivity index is 0.872. The van der Waals surface area contributed by atoms with Crippen molar-refractivity contribution in [3.63, 3.8) is 0 Å². The molecule has 2 aliphatic heterocycles. The standard InChI is InChI=1S/C48H54ClF2N7O9S/c1-47(2,3)42(44(62)56-26-33(59)21-38(56)43(61)54-24-29-9-11-30(12-10-29)40-25-53-28-67-40)55-41(60)27-65-17-8-16-64-15-6-7-18-66-39-14-13-32(20-36(39)51)58-46(68)57(45(63)48(58,4)5)37-22-34(49)31(23-52)19-35(37)50/h9-14,19-20,22,25,28,33,38,42,59H,6-8,15-18,21,24,26-27H2,1-5H3,(H,54,61)(H,55,60)/t33-,38?,42-/m1/s1. The van der Waals surface area contributed by atoms with Crippen molar-refractivity contribution in [3.05, 3.63) is 95.0 Å². The molecule has 4 aromatic rings. The van der Waals surface area contributed by atoms with E-state index in [1.807, 2.05) is 24.3 Å². The van der Waals surface area contributed by atoms with Crippen LogP contribution in [0.2, 0.25) is 5.02 Å². The van der Waals surface area contributed by atoms with Crippen LogP contribution in [-0.2, 0) is 35.2 Å². The Morgan fingerprint density at radius 3 is 2.41 bits per heavy atom. The zero-order valence-electron chi connectivity index (χ0n) is 38.4. The number of amides is 4. The number of β-amino-alcohol motifs (C(OH)–C–C–N with tert-alkyl or cyclic N) is 1. The van der Waals surface area contributed by atoms with Crippen molar-refractivity contribution in [3.8, 4) is 23.1 Å². The number of thiocarbonyl (C=S) groups is 1. The molecule has 0 saturated carbocycles. The Kier molecular flexibility index (Phi) is 16.9. The predicted octanol–water partition coefficient (Wildman–Crippen LogP) is 6.45. The highest BCUT2D eigenvalue weighted by molar-refractivity contribution is 7.81. The zero-order valence-corrected chi connectivity index (χ0v) is 39.9. The fraction of sp³-hybridized carbons (Fsp3) is 0.438. The number of nitrogens with one attached hydrogen (secondary N) is 2. The highest BCUT2D eigenvalue weighted by atomic mass is 35.5. The Morgan fingerprint density at radius 1 is 1.03 bits per heavy atom. The molecule has 16 nitrogen and oxygen atoms in total. The number of nitrogens with zero attached hydrogens (tertiary/aromatic N) is 5. The molecule has 2 aliphatic rings. The van der Waals surface area contributed by atoms with E-state index < -0.39 is 64.4 Å². The third-order valence-corrected chi connectivity index (χ3v) is 12.1. The molecule has 0 aliphatic carbocycles. The molecule has 1 aromatic heterocycles. The average Bonchev–Trinajstić information content (AvgIpc) is 4.02. The second kappa shape index (κ2) is 22.4. The molecule has 0 bridgehead atoms. The molecule has 3 heterocycles. The summed E-state index contributed by atoms with van der Waals surface area (Å²) in [6.07, 6.45) is 3.77. The van der Waals surface area contributed by atoms with Gasteiger partial charge in [0, 0.05) is 56.6 Å². The van der Waals surface area contributed by atoms with Gasteiger partial charge in [0.05, 0.1) is 35.2 Å². The molecule has 3 aromatic carbocycles. The lowest BCUT2D eigenvalue weighted by Crippen LogP contribution is -2.58. The number of carbonyl (C=O) groups excluding carboxylic acids is 4. The van der Waals surface area contributed by atoms with Gasteiger partial charge < -0.3 is 44.2 Å². The van der Waals surface area contributed by atoms with Crippen LogP contribution < -0.4 is 25.2 Å². The smallest absolute Gasteiger partial charge is 0.259 e. The van der Waals surface area contributed by atoms with Gasteiger partial charge in [-0.15, -0.1) is 0 Å². The number of benzene rings is 3. The van der Waals surface area contributed by atoms with Crippen molar-refractivity contribution in [1.82, 2.24) is 20.5 Å². The van der Waals surface area contributed by atoms with Crippen molar-refractivity contribution < 1.29 is 51.7 Å². The highest BCUT2D eigenvalue weighted by Gasteiger charge is 2.51. The summed E-state index contributed by atoms with van der Waals surface area (Å²) in [7, 11) is 0. The van der Waals surface area contributed by atoms with E-state index in [-0.39, 0.29) is 72.2 Å². The van der Waals surface area contributed by atoms with Gasteiger partial charge in [-0.2, -0.15) is 5.26 Å². The van der Waals surface area contributed by atoms with Crippen molar-refractivity contribution in [2.75, 3.05) is 49.4 Å². The third kappa shape index (κ3) is 12.2. The molecule has 0 radical (unpaired) electrons. The third-order valence-electron chi connectivity index (χ3n) is 11.4. The minimum atomic E-state index is -1.32. The summed E-state index contributed by atoms with van der Waals surface area (Å²) in [6.45, 7) is 9.58. The number of anilines is 2. The molecular formula is C48H54ClF2N7O9S. The van der Waals surface area contributed by atoms with Gasteiger partial charge in [0.15, 0.2) is 28.8 Å². The summed E-state index contributed by atoms with van der Waals surface area (Å²) in [5, 5.41) is 25.2. The van der Waals surface area contributed by atoms with Gasteiger partial charge in [0.1, 0.15) is 36.1 Å². The van der Waals surface area contributed by atoms with Gasteiger partial charge in [-0.25, -0.2) is 13.8 Å². The molecule has 362 valence electrons. The van der Waals surface area contributed by atoms with Crippen LogP contribution in [0.3, 0.4) is 0 Å². The van der Waals surface area contributed by atoms with Gasteiger partial charge >= 0.3 is 0 Å². The normalized spacial score (nSPS) is 17.3. The number of likely N-dealkylation sites (tertiary alicyclic amines) is 1. The zero-order chi connectivity index (χ0) is 49.3. The van der Waals surface area contributed by atoms with Crippen LogP contribution in [0.1, 0.15) is 71.4 Å². The van der Waals surface area contributed by atoms with E-state index >= 15 is 8.78 Å². The number of rotatable bonds is 20. The summed E-state index contributed by atoms with van der Waals surface area (Å²) in [5.74, 6) is -2.92. The van der Waals surface area contributed by atoms with Crippen LogP contribution in [0.4, 0.5) is 20.2 Å². The maximum atomic E-state index is 15.3. The van der Waals surface area contributed by atoms with E-state index in [0.717, 1.165) is 28.2 Å². The fourth-order valence-electron chi connectivity index (χ4n) is 7.77. The molecular weight excluding hydrogens is 924 g/mol. The Bertz CT molecular complexity index is 2520. The van der Waals surface area contributed by atoms with E-state index in [2.05, 4.69) is 15.6 Å². The largest absolute Gasteiger partial charge is 0.491 e. The molecule has 3 atom stereocenters. The lowest BCUT2D eigenvalue weighted by atomic mass is 9.85. The van der Waals surface area contributed by atoms with Crippen LogP contribution in [0, 0.1) is 28.4 Å². The van der Waals surface area contributed by atoms with Gasteiger partial charge in [0.25, 0.3) is 5.91 Å². The molecule has 1 unspecified atom stereocenters. The summed E-state index contributed by atoms with van der Waals surface area (Å²) < 4.78 is 52.5. The van der Waals surface area contributed by atoms with Crippen LogP contribution >= 0.6 is 23.8 Å². The van der Waals surface area contributed by atoms with Crippen LogP contribution in [0.15, 0.2) is 71.6 Å². The predicted molar refractivity (Wildman–Crippen MR) is 251 cm³/mol. The van der Waals surface area contributed by atoms with Crippen molar-refractivity contribution in [1.29, 1.82) is 5.26 Å². The molecule has 68 heavy (non-hydrogen) atoms. The number of hydrogen-bond donors (Lipinski definition) is 3. The Morgan fingerprint density at radius 2 is 1.74 bits per heavy atom. The number of aromatic nitrogens is 1. The first-order valence-corrected chi connectivity index (χ1v) is 22.8. The first kappa shape index (κ1) is 51.4. The van der Waals surface area contributed by atoms with Crippen LogP contribution in [0.5, 0.6) is 5.75 Å². The summed E-state index contributed by atoms with van der Waals surface area (Å²) in [5.41, 5.74) is -0.461. The molecule has 3 N–H and O–H groups in total. The van der Waals surface area contributed by atoms with Crippen LogP contribution in [-0.4, -0.2) is 107 Å². The summed E-state index contributed by atoms with van der Waals surface area (Å²) >= 11 is 11.7. The van der Waals surface area contributed by atoms with E-state index in [4.69, 9.17) is 42.4 Å². The van der Waals surface area contributed by atoms with Gasteiger partial charge in [-0.05, 0) is 80.6 Å². The number of carbonyl (C=O) groups is 4. The van der Waals surface area contributed by atoms with Gasteiger partial charge in [0.2, 0.25) is 17.7 Å². The molecule has 20 heteroatoms. The van der Waals surface area contributed by atoms with E-state index in [9.17, 15) is 29.5 Å². The van der Waals surface area contributed by atoms with Gasteiger partial charge in [-0.1, -0.05) is 56.6 Å². The molecule has 2 fully saturated rings. The number of halogens is 3. The fourth-order valence-corrected chi connectivity index (χ4v) is 8.49. The monoisotopic (exact) mass is 977 g/mol. The second-order valence-corrected chi connectivity index (χ2v) is 18.7. The van der Waals surface area contributed by atoms with E-state index in [1.165, 1.54) is 28.3 Å². The van der Waals surface area contributed by atoms with Crippen molar-refractivity contribution in [2.45, 2.75) is 90.6 Å². The minimum absolute atomic E-state index is 0.00824. The van der Waals surface area contributed by atoms with E-state index in [1.54, 1.807) is 53.0 Å². The summed E-state index contributed by atoms with van der Waals surface area (Å²) in [6, 6.07) is 13.5. The number of nitriles is 1. The second-order valence-electron chi connectivity index (χ2n) is 17.9. The lowest BCUT2D eigenvalue weighted by molar-refractivity contribution is -0.144. The number of oxazole rings is 1. The SMILES string of the molecule is CC(C)(C)[C@H](NC(=O)COCCCOCCCCOc1ccc(N2C(=S)N(c3cc(Cl)c(C#N)cc3F)C(=O)C2(C)C)cc1F)C(=O)N1C[C@H](O)CC1C(=O)NCc1ccc(-c2cnco2)cc1. The Labute approximate surface area is 403 Å². The number of ether oxygens (including phenoxy) is 3.